The normalized spacial score (nSPS) is 16.6. The van der Waals surface area contributed by atoms with Crippen LogP contribution in [-0.4, -0.2) is 19.8 Å². The lowest BCUT2D eigenvalue weighted by Gasteiger charge is -2.35. The molecule has 2 rings (SSSR count). The molecule has 1 unspecified atom stereocenters. The summed E-state index contributed by atoms with van der Waals surface area (Å²) in [5.74, 6) is 2.48. The molecule has 0 amide bonds. The second kappa shape index (κ2) is 7.53. The Morgan fingerprint density at radius 2 is 1.80 bits per heavy atom. The van der Waals surface area contributed by atoms with E-state index in [0.717, 1.165) is 24.0 Å². The number of nitrogens with one attached hydrogen (secondary N) is 1. The number of benzene rings is 1. The SMILES string of the molecule is CCNC(c1ccc(OCC)c(OCC)c1)C1CCC1. The van der Waals surface area contributed by atoms with E-state index in [4.69, 9.17) is 9.47 Å². The molecule has 1 aliphatic rings. The van der Waals surface area contributed by atoms with Crippen molar-refractivity contribution in [1.29, 1.82) is 0 Å². The second-order valence-corrected chi connectivity index (χ2v) is 5.30. The van der Waals surface area contributed by atoms with Crippen LogP contribution in [0.2, 0.25) is 0 Å². The van der Waals surface area contributed by atoms with Gasteiger partial charge in [0.25, 0.3) is 0 Å². The third-order valence-electron chi connectivity index (χ3n) is 3.97. The van der Waals surface area contributed by atoms with E-state index in [1.807, 2.05) is 19.9 Å². The fourth-order valence-electron chi connectivity index (χ4n) is 2.81. The van der Waals surface area contributed by atoms with Crippen molar-refractivity contribution in [1.82, 2.24) is 5.32 Å². The van der Waals surface area contributed by atoms with Crippen LogP contribution in [0.4, 0.5) is 0 Å². The molecule has 3 heteroatoms. The molecule has 1 aromatic carbocycles. The zero-order chi connectivity index (χ0) is 14.4. The van der Waals surface area contributed by atoms with Gasteiger partial charge < -0.3 is 14.8 Å². The van der Waals surface area contributed by atoms with Crippen LogP contribution in [-0.2, 0) is 0 Å². The van der Waals surface area contributed by atoms with E-state index in [9.17, 15) is 0 Å². The first-order valence-corrected chi connectivity index (χ1v) is 7.93. The van der Waals surface area contributed by atoms with Crippen molar-refractivity contribution >= 4 is 0 Å². The largest absolute Gasteiger partial charge is 0.490 e. The maximum Gasteiger partial charge on any atom is 0.161 e. The van der Waals surface area contributed by atoms with E-state index in [2.05, 4.69) is 24.4 Å². The molecule has 1 aromatic rings. The third kappa shape index (κ3) is 3.45. The molecular formula is C17H27NO2. The average molecular weight is 277 g/mol. The fourth-order valence-corrected chi connectivity index (χ4v) is 2.81. The number of hydrogen-bond donors (Lipinski definition) is 1. The van der Waals surface area contributed by atoms with Gasteiger partial charge in [-0.3, -0.25) is 0 Å². The highest BCUT2D eigenvalue weighted by molar-refractivity contribution is 5.44. The molecule has 1 saturated carbocycles. The van der Waals surface area contributed by atoms with E-state index in [1.165, 1.54) is 24.8 Å². The molecular weight excluding hydrogens is 250 g/mol. The lowest BCUT2D eigenvalue weighted by molar-refractivity contribution is 0.232. The minimum absolute atomic E-state index is 0.448. The molecule has 0 radical (unpaired) electrons. The smallest absolute Gasteiger partial charge is 0.161 e. The van der Waals surface area contributed by atoms with Gasteiger partial charge in [0, 0.05) is 6.04 Å². The average Bonchev–Trinajstić information content (AvgIpc) is 2.39. The van der Waals surface area contributed by atoms with Gasteiger partial charge in [0.2, 0.25) is 0 Å². The van der Waals surface area contributed by atoms with Crippen LogP contribution >= 0.6 is 0 Å². The first-order chi connectivity index (χ1) is 9.80. The summed E-state index contributed by atoms with van der Waals surface area (Å²) in [6, 6.07) is 6.83. The standard InChI is InChI=1S/C17H27NO2/c1-4-18-17(13-8-7-9-13)14-10-11-15(19-5-2)16(12-14)20-6-3/h10-13,17-18H,4-9H2,1-3H3. The maximum atomic E-state index is 5.74. The molecule has 0 heterocycles. The van der Waals surface area contributed by atoms with Gasteiger partial charge in [-0.2, -0.15) is 0 Å². The van der Waals surface area contributed by atoms with Gasteiger partial charge in [0.05, 0.1) is 13.2 Å². The summed E-state index contributed by atoms with van der Waals surface area (Å²) < 4.78 is 11.4. The molecule has 1 aliphatic carbocycles. The Bertz CT molecular complexity index is 415. The number of hydrogen-bond acceptors (Lipinski definition) is 3. The summed E-state index contributed by atoms with van der Waals surface area (Å²) in [6.07, 6.45) is 4.02. The molecule has 0 saturated heterocycles. The highest BCUT2D eigenvalue weighted by Crippen LogP contribution is 2.40. The Kier molecular flexibility index (Phi) is 5.72. The van der Waals surface area contributed by atoms with Crippen LogP contribution in [0.15, 0.2) is 18.2 Å². The lowest BCUT2D eigenvalue weighted by Crippen LogP contribution is -2.32. The summed E-state index contributed by atoms with van der Waals surface area (Å²) >= 11 is 0. The number of rotatable bonds is 8. The molecule has 1 N–H and O–H groups in total. The minimum Gasteiger partial charge on any atom is -0.490 e. The lowest BCUT2D eigenvalue weighted by atomic mass is 9.77. The van der Waals surface area contributed by atoms with Gasteiger partial charge in [0.1, 0.15) is 0 Å². The monoisotopic (exact) mass is 277 g/mol. The molecule has 0 bridgehead atoms. The fraction of sp³-hybridized carbons (Fsp3) is 0.647. The van der Waals surface area contributed by atoms with Crippen LogP contribution in [0.3, 0.4) is 0 Å². The Labute approximate surface area is 122 Å². The zero-order valence-electron chi connectivity index (χ0n) is 12.9. The van der Waals surface area contributed by atoms with Crippen molar-refractivity contribution in [3.05, 3.63) is 23.8 Å². The van der Waals surface area contributed by atoms with Crippen molar-refractivity contribution < 1.29 is 9.47 Å². The molecule has 0 aromatic heterocycles. The maximum absolute atomic E-state index is 5.74. The topological polar surface area (TPSA) is 30.5 Å². The Morgan fingerprint density at radius 1 is 1.10 bits per heavy atom. The zero-order valence-corrected chi connectivity index (χ0v) is 12.9. The van der Waals surface area contributed by atoms with E-state index in [0.29, 0.717) is 19.3 Å². The van der Waals surface area contributed by atoms with Gasteiger partial charge in [-0.05, 0) is 56.8 Å². The van der Waals surface area contributed by atoms with Crippen molar-refractivity contribution in [3.63, 3.8) is 0 Å². The molecule has 112 valence electrons. The van der Waals surface area contributed by atoms with Gasteiger partial charge in [-0.25, -0.2) is 0 Å². The van der Waals surface area contributed by atoms with E-state index >= 15 is 0 Å². The van der Waals surface area contributed by atoms with Crippen LogP contribution in [0, 0.1) is 5.92 Å². The molecule has 3 nitrogen and oxygen atoms in total. The van der Waals surface area contributed by atoms with Gasteiger partial charge in [0.15, 0.2) is 11.5 Å². The van der Waals surface area contributed by atoms with Gasteiger partial charge >= 0.3 is 0 Å². The van der Waals surface area contributed by atoms with Gasteiger partial charge in [-0.15, -0.1) is 0 Å². The second-order valence-electron chi connectivity index (χ2n) is 5.30. The van der Waals surface area contributed by atoms with E-state index < -0.39 is 0 Å². The molecule has 20 heavy (non-hydrogen) atoms. The predicted octanol–water partition coefficient (Wildman–Crippen LogP) is 3.93. The van der Waals surface area contributed by atoms with Crippen LogP contribution in [0.5, 0.6) is 11.5 Å². The Hall–Kier alpha value is -1.22. The van der Waals surface area contributed by atoms with Crippen molar-refractivity contribution in [2.75, 3.05) is 19.8 Å². The van der Waals surface area contributed by atoms with Crippen molar-refractivity contribution in [2.24, 2.45) is 5.92 Å². The Morgan fingerprint density at radius 3 is 2.35 bits per heavy atom. The van der Waals surface area contributed by atoms with Crippen LogP contribution < -0.4 is 14.8 Å². The molecule has 0 spiro atoms. The highest BCUT2D eigenvalue weighted by atomic mass is 16.5. The van der Waals surface area contributed by atoms with Crippen molar-refractivity contribution in [3.8, 4) is 11.5 Å². The van der Waals surface area contributed by atoms with Crippen LogP contribution in [0.25, 0.3) is 0 Å². The minimum atomic E-state index is 0.448. The molecule has 0 aliphatic heterocycles. The summed E-state index contributed by atoms with van der Waals surface area (Å²) in [7, 11) is 0. The summed E-state index contributed by atoms with van der Waals surface area (Å²) in [5.41, 5.74) is 1.32. The first-order valence-electron chi connectivity index (χ1n) is 7.93. The summed E-state index contributed by atoms with van der Waals surface area (Å²) in [5, 5.41) is 3.63. The Balaban J connectivity index is 2.22. The molecule has 1 atom stereocenters. The number of ether oxygens (including phenoxy) is 2. The summed E-state index contributed by atoms with van der Waals surface area (Å²) in [6.45, 7) is 8.51. The van der Waals surface area contributed by atoms with E-state index in [-0.39, 0.29) is 0 Å². The van der Waals surface area contributed by atoms with Crippen LogP contribution in [0.1, 0.15) is 51.6 Å². The first kappa shape index (κ1) is 15.2. The van der Waals surface area contributed by atoms with E-state index in [1.54, 1.807) is 0 Å². The van der Waals surface area contributed by atoms with Gasteiger partial charge in [-0.1, -0.05) is 19.4 Å². The highest BCUT2D eigenvalue weighted by Gasteiger charge is 2.28. The predicted molar refractivity (Wildman–Crippen MR) is 82.5 cm³/mol. The third-order valence-corrected chi connectivity index (χ3v) is 3.97. The van der Waals surface area contributed by atoms with Crippen molar-refractivity contribution in [2.45, 2.75) is 46.1 Å². The molecule has 1 fully saturated rings. The summed E-state index contributed by atoms with van der Waals surface area (Å²) in [4.78, 5) is 0. The quantitative estimate of drug-likeness (QED) is 0.781.